The molecule has 1 aliphatic carbocycles. The molecule has 1 heterocycles. The van der Waals surface area contributed by atoms with Gasteiger partial charge in [-0.1, -0.05) is 15.9 Å². The largest absolute Gasteiger partial charge is 0.268 e. The van der Waals surface area contributed by atoms with Gasteiger partial charge in [-0.2, -0.15) is 5.10 Å². The molecule has 78 valence electrons. The lowest BCUT2D eigenvalue weighted by atomic mass is 10.2. The third-order valence-electron chi connectivity index (χ3n) is 3.09. The van der Waals surface area contributed by atoms with Crippen LogP contribution in [0.15, 0.2) is 22.7 Å². The summed E-state index contributed by atoms with van der Waals surface area (Å²) in [6.07, 6.45) is 2.75. The van der Waals surface area contributed by atoms with Gasteiger partial charge in [0.1, 0.15) is 0 Å². The zero-order chi connectivity index (χ0) is 10.4. The average molecular weight is 265 g/mol. The van der Waals surface area contributed by atoms with Crippen LogP contribution >= 0.6 is 15.9 Å². The van der Waals surface area contributed by atoms with Gasteiger partial charge in [0.2, 0.25) is 0 Å². The predicted molar refractivity (Wildman–Crippen MR) is 64.9 cm³/mol. The van der Waals surface area contributed by atoms with Crippen molar-refractivity contribution in [2.45, 2.75) is 26.3 Å². The molecule has 1 fully saturated rings. The van der Waals surface area contributed by atoms with E-state index in [1.165, 1.54) is 23.9 Å². The summed E-state index contributed by atoms with van der Waals surface area (Å²) in [5.74, 6) is 0.876. The van der Waals surface area contributed by atoms with Crippen molar-refractivity contribution in [3.05, 3.63) is 28.4 Å². The Morgan fingerprint density at radius 1 is 1.47 bits per heavy atom. The summed E-state index contributed by atoms with van der Waals surface area (Å²) in [5.41, 5.74) is 2.40. The smallest absolute Gasteiger partial charge is 0.0937 e. The third kappa shape index (κ3) is 1.69. The Bertz CT molecular complexity index is 512. The van der Waals surface area contributed by atoms with Crippen molar-refractivity contribution < 1.29 is 0 Å². The monoisotopic (exact) mass is 264 g/mol. The molecular formula is C12H13BrN2. The predicted octanol–water partition coefficient (Wildman–Crippen LogP) is 3.52. The SMILES string of the molecule is Cc1c2ccc(Br)cc2nn1CC1CC1. The Kier molecular flexibility index (Phi) is 2.09. The summed E-state index contributed by atoms with van der Waals surface area (Å²) < 4.78 is 3.26. The van der Waals surface area contributed by atoms with E-state index in [4.69, 9.17) is 0 Å². The number of hydrogen-bond donors (Lipinski definition) is 0. The number of benzene rings is 1. The molecule has 0 bridgehead atoms. The van der Waals surface area contributed by atoms with E-state index in [9.17, 15) is 0 Å². The van der Waals surface area contributed by atoms with Crippen LogP contribution < -0.4 is 0 Å². The van der Waals surface area contributed by atoms with E-state index in [1.54, 1.807) is 0 Å². The number of aromatic nitrogens is 2. The van der Waals surface area contributed by atoms with E-state index in [0.29, 0.717) is 0 Å². The number of fused-ring (bicyclic) bond motifs is 1. The molecule has 0 saturated heterocycles. The molecule has 1 aromatic heterocycles. The first-order valence-electron chi connectivity index (χ1n) is 5.37. The standard InChI is InChI=1S/C12H13BrN2/c1-8-11-5-4-10(13)6-12(11)14-15(8)7-9-2-3-9/h4-6,9H,2-3,7H2,1H3. The third-order valence-corrected chi connectivity index (χ3v) is 3.59. The second-order valence-corrected chi connectivity index (χ2v) is 5.29. The molecular weight excluding hydrogens is 252 g/mol. The van der Waals surface area contributed by atoms with Crippen molar-refractivity contribution in [1.29, 1.82) is 0 Å². The lowest BCUT2D eigenvalue weighted by molar-refractivity contribution is 0.555. The highest BCUT2D eigenvalue weighted by atomic mass is 79.9. The zero-order valence-electron chi connectivity index (χ0n) is 8.70. The molecule has 3 rings (SSSR count). The molecule has 0 spiro atoms. The Morgan fingerprint density at radius 3 is 3.00 bits per heavy atom. The summed E-state index contributed by atoms with van der Waals surface area (Å²) >= 11 is 3.48. The summed E-state index contributed by atoms with van der Waals surface area (Å²) in [6.45, 7) is 3.25. The topological polar surface area (TPSA) is 17.8 Å². The maximum atomic E-state index is 4.64. The fraction of sp³-hybridized carbons (Fsp3) is 0.417. The molecule has 0 amide bonds. The number of nitrogens with zero attached hydrogens (tertiary/aromatic N) is 2. The van der Waals surface area contributed by atoms with Gasteiger partial charge in [-0.15, -0.1) is 0 Å². The van der Waals surface area contributed by atoms with Crippen LogP contribution in [0, 0.1) is 12.8 Å². The first-order valence-corrected chi connectivity index (χ1v) is 6.16. The van der Waals surface area contributed by atoms with Gasteiger partial charge in [0.15, 0.2) is 0 Å². The van der Waals surface area contributed by atoms with Crippen LogP contribution in [0.1, 0.15) is 18.5 Å². The molecule has 2 aromatic rings. The summed E-state index contributed by atoms with van der Waals surface area (Å²) in [5, 5.41) is 5.92. The first-order chi connectivity index (χ1) is 7.24. The summed E-state index contributed by atoms with van der Waals surface area (Å²) in [4.78, 5) is 0. The summed E-state index contributed by atoms with van der Waals surface area (Å²) in [6, 6.07) is 6.31. The zero-order valence-corrected chi connectivity index (χ0v) is 10.3. The molecule has 0 atom stereocenters. The van der Waals surface area contributed by atoms with Crippen molar-refractivity contribution in [2.24, 2.45) is 5.92 Å². The maximum absolute atomic E-state index is 4.64. The quantitative estimate of drug-likeness (QED) is 0.812. The van der Waals surface area contributed by atoms with Crippen LogP contribution in [0.5, 0.6) is 0 Å². The van der Waals surface area contributed by atoms with E-state index in [1.807, 2.05) is 0 Å². The lowest BCUT2D eigenvalue weighted by Gasteiger charge is -2.00. The highest BCUT2D eigenvalue weighted by Crippen LogP contribution is 2.32. The normalized spacial score (nSPS) is 16.1. The Hall–Kier alpha value is -0.830. The van der Waals surface area contributed by atoms with Crippen LogP contribution in [0.4, 0.5) is 0 Å². The number of aryl methyl sites for hydroxylation is 1. The van der Waals surface area contributed by atoms with Gasteiger partial charge in [-0.25, -0.2) is 0 Å². The lowest BCUT2D eigenvalue weighted by Crippen LogP contribution is -2.03. The van der Waals surface area contributed by atoms with Crippen molar-refractivity contribution in [3.8, 4) is 0 Å². The molecule has 0 N–H and O–H groups in total. The molecule has 0 aliphatic heterocycles. The van der Waals surface area contributed by atoms with Crippen LogP contribution in [0.3, 0.4) is 0 Å². The first kappa shape index (κ1) is 9.40. The minimum absolute atomic E-state index is 0.876. The minimum Gasteiger partial charge on any atom is -0.268 e. The highest BCUT2D eigenvalue weighted by molar-refractivity contribution is 9.10. The van der Waals surface area contributed by atoms with Gasteiger partial charge in [-0.3, -0.25) is 4.68 Å². The molecule has 0 radical (unpaired) electrons. The molecule has 1 aromatic carbocycles. The van der Waals surface area contributed by atoms with Gasteiger partial charge in [0, 0.05) is 22.1 Å². The Balaban J connectivity index is 2.10. The van der Waals surface area contributed by atoms with E-state index >= 15 is 0 Å². The van der Waals surface area contributed by atoms with Crippen LogP contribution in [-0.2, 0) is 6.54 Å². The maximum Gasteiger partial charge on any atom is 0.0937 e. The van der Waals surface area contributed by atoms with Crippen molar-refractivity contribution in [1.82, 2.24) is 9.78 Å². The molecule has 2 nitrogen and oxygen atoms in total. The van der Waals surface area contributed by atoms with Crippen LogP contribution in [0.25, 0.3) is 10.9 Å². The Labute approximate surface area is 97.4 Å². The van der Waals surface area contributed by atoms with E-state index < -0.39 is 0 Å². The van der Waals surface area contributed by atoms with E-state index in [2.05, 4.69) is 50.8 Å². The van der Waals surface area contributed by atoms with E-state index in [-0.39, 0.29) is 0 Å². The van der Waals surface area contributed by atoms with Crippen molar-refractivity contribution in [2.75, 3.05) is 0 Å². The Morgan fingerprint density at radius 2 is 2.27 bits per heavy atom. The minimum atomic E-state index is 0.876. The fourth-order valence-corrected chi connectivity index (χ4v) is 2.31. The molecule has 1 aliphatic rings. The van der Waals surface area contributed by atoms with Gasteiger partial charge >= 0.3 is 0 Å². The molecule has 1 saturated carbocycles. The van der Waals surface area contributed by atoms with Crippen LogP contribution in [0.2, 0.25) is 0 Å². The van der Waals surface area contributed by atoms with Gasteiger partial charge < -0.3 is 0 Å². The fourth-order valence-electron chi connectivity index (χ4n) is 1.96. The van der Waals surface area contributed by atoms with Crippen molar-refractivity contribution >= 4 is 26.8 Å². The second kappa shape index (κ2) is 3.34. The number of hydrogen-bond acceptors (Lipinski definition) is 1. The molecule has 3 heteroatoms. The summed E-state index contributed by atoms with van der Waals surface area (Å²) in [7, 11) is 0. The molecule has 0 unspecified atom stereocenters. The van der Waals surface area contributed by atoms with Gasteiger partial charge in [-0.05, 0) is 43.9 Å². The highest BCUT2D eigenvalue weighted by Gasteiger charge is 2.23. The number of rotatable bonds is 2. The average Bonchev–Trinajstić information content (AvgIpc) is 2.95. The van der Waals surface area contributed by atoms with Crippen LogP contribution in [-0.4, -0.2) is 9.78 Å². The molecule has 15 heavy (non-hydrogen) atoms. The second-order valence-electron chi connectivity index (χ2n) is 4.37. The van der Waals surface area contributed by atoms with E-state index in [0.717, 1.165) is 22.5 Å². The van der Waals surface area contributed by atoms with Crippen molar-refractivity contribution in [3.63, 3.8) is 0 Å². The van der Waals surface area contributed by atoms with Gasteiger partial charge in [0.25, 0.3) is 0 Å². The number of halogens is 1. The van der Waals surface area contributed by atoms with Gasteiger partial charge in [0.05, 0.1) is 5.52 Å².